The molecule has 10 heteroatoms. The second-order valence-corrected chi connectivity index (χ2v) is 8.73. The second kappa shape index (κ2) is 9.14. The second-order valence-electron chi connectivity index (χ2n) is 6.75. The number of carbonyl (C=O) groups is 1. The first-order valence-electron chi connectivity index (χ1n) is 9.04. The van der Waals surface area contributed by atoms with E-state index in [-0.39, 0.29) is 24.5 Å². The average Bonchev–Trinajstić information content (AvgIpc) is 3.17. The Balaban J connectivity index is 1.67. The summed E-state index contributed by atoms with van der Waals surface area (Å²) < 4.78 is 44.3. The summed E-state index contributed by atoms with van der Waals surface area (Å²) in [5.74, 6) is -0.420. The van der Waals surface area contributed by atoms with E-state index in [1.165, 1.54) is 30.1 Å². The van der Waals surface area contributed by atoms with Crippen molar-refractivity contribution < 1.29 is 22.1 Å². The van der Waals surface area contributed by atoms with Gasteiger partial charge in [0.25, 0.3) is 0 Å². The molecule has 0 atom stereocenters. The number of sulfonamides is 1. The Kier molecular flexibility index (Phi) is 6.58. The number of rotatable bonds is 8. The van der Waals surface area contributed by atoms with Crippen LogP contribution in [0.2, 0.25) is 0 Å². The van der Waals surface area contributed by atoms with Crippen LogP contribution >= 0.6 is 0 Å². The van der Waals surface area contributed by atoms with Crippen molar-refractivity contribution in [3.8, 4) is 11.4 Å². The lowest BCUT2D eigenvalue weighted by atomic mass is 10.2. The molecular weight excluding hydrogens is 411 g/mol. The summed E-state index contributed by atoms with van der Waals surface area (Å²) in [6, 6.07) is 15.0. The van der Waals surface area contributed by atoms with E-state index in [9.17, 15) is 17.6 Å². The predicted octanol–water partition coefficient (Wildman–Crippen LogP) is 2.30. The largest absolute Gasteiger partial charge is 0.337 e. The monoisotopic (exact) mass is 432 g/mol. The number of aromatic nitrogens is 2. The lowest BCUT2D eigenvalue weighted by Gasteiger charge is -2.23. The number of likely N-dealkylation sites (N-methyl/N-ethyl adjacent to an activating group) is 1. The number of carbonyl (C=O) groups excluding carboxylic acids is 1. The molecule has 158 valence electrons. The van der Waals surface area contributed by atoms with Gasteiger partial charge >= 0.3 is 0 Å². The Hall–Kier alpha value is -3.11. The third kappa shape index (κ3) is 5.49. The molecule has 3 aromatic rings. The molecule has 1 amide bonds. The molecule has 0 radical (unpaired) electrons. The van der Waals surface area contributed by atoms with Gasteiger partial charge in [-0.15, -0.1) is 0 Å². The number of hydrogen-bond acceptors (Lipinski definition) is 6. The van der Waals surface area contributed by atoms with Crippen molar-refractivity contribution in [3.05, 3.63) is 71.9 Å². The molecule has 30 heavy (non-hydrogen) atoms. The lowest BCUT2D eigenvalue weighted by Crippen LogP contribution is -2.40. The van der Waals surface area contributed by atoms with Crippen LogP contribution in [0.15, 0.2) is 59.1 Å². The number of nitrogens with zero attached hydrogens (tertiary/aromatic N) is 4. The first-order chi connectivity index (χ1) is 14.2. The lowest BCUT2D eigenvalue weighted by molar-refractivity contribution is -0.131. The summed E-state index contributed by atoms with van der Waals surface area (Å²) in [4.78, 5) is 18.1. The zero-order valence-corrected chi connectivity index (χ0v) is 17.3. The molecule has 0 aliphatic rings. The summed E-state index contributed by atoms with van der Waals surface area (Å²) >= 11 is 0. The maximum Gasteiger partial charge on any atom is 0.246 e. The first-order valence-corrected chi connectivity index (χ1v) is 10.9. The van der Waals surface area contributed by atoms with Gasteiger partial charge in [0, 0.05) is 24.7 Å². The summed E-state index contributed by atoms with van der Waals surface area (Å²) in [6.07, 6.45) is 0.977. The van der Waals surface area contributed by atoms with Gasteiger partial charge in [0.05, 0.1) is 19.3 Å². The van der Waals surface area contributed by atoms with Crippen molar-refractivity contribution in [1.29, 1.82) is 0 Å². The van der Waals surface area contributed by atoms with E-state index >= 15 is 0 Å². The fourth-order valence-corrected chi connectivity index (χ4v) is 3.41. The van der Waals surface area contributed by atoms with Crippen molar-refractivity contribution in [2.24, 2.45) is 0 Å². The molecule has 8 nitrogen and oxygen atoms in total. The quantitative estimate of drug-likeness (QED) is 0.542. The summed E-state index contributed by atoms with van der Waals surface area (Å²) in [6.45, 7) is -0.677. The molecule has 0 aliphatic carbocycles. The van der Waals surface area contributed by atoms with E-state index in [2.05, 4.69) is 10.1 Å². The van der Waals surface area contributed by atoms with Crippen LogP contribution in [0.4, 0.5) is 4.39 Å². The maximum atomic E-state index is 13.9. The first kappa shape index (κ1) is 21.6. The third-order valence-electron chi connectivity index (χ3n) is 4.38. The van der Waals surface area contributed by atoms with Gasteiger partial charge in [-0.2, -0.15) is 9.29 Å². The SMILES string of the molecule is CN(Cc1nc(-c2ccccc2)no1)C(=O)CN(Cc1ccccc1F)S(C)(=O)=O. The van der Waals surface area contributed by atoms with Gasteiger partial charge in [-0.05, 0) is 6.07 Å². The van der Waals surface area contributed by atoms with Crippen molar-refractivity contribution in [2.75, 3.05) is 19.8 Å². The fraction of sp³-hybridized carbons (Fsp3) is 0.250. The molecule has 0 spiro atoms. The number of amides is 1. The Bertz CT molecular complexity index is 1120. The van der Waals surface area contributed by atoms with Crippen LogP contribution in [0.1, 0.15) is 11.5 Å². The smallest absolute Gasteiger partial charge is 0.246 e. The van der Waals surface area contributed by atoms with Crippen LogP contribution < -0.4 is 0 Å². The van der Waals surface area contributed by atoms with Gasteiger partial charge in [-0.1, -0.05) is 53.7 Å². The van der Waals surface area contributed by atoms with Crippen LogP contribution in [0.25, 0.3) is 11.4 Å². The van der Waals surface area contributed by atoms with Gasteiger partial charge in [0.15, 0.2) is 0 Å². The van der Waals surface area contributed by atoms with E-state index in [4.69, 9.17) is 4.52 Å². The molecule has 0 saturated heterocycles. The zero-order chi connectivity index (χ0) is 21.7. The highest BCUT2D eigenvalue weighted by Gasteiger charge is 2.24. The minimum absolute atomic E-state index is 0.00989. The Labute approximate surface area is 174 Å². The Morgan fingerprint density at radius 2 is 1.73 bits per heavy atom. The summed E-state index contributed by atoms with van der Waals surface area (Å²) in [5, 5.41) is 3.89. The van der Waals surface area contributed by atoms with Crippen molar-refractivity contribution in [2.45, 2.75) is 13.1 Å². The molecule has 0 saturated carbocycles. The molecule has 1 heterocycles. The normalized spacial score (nSPS) is 11.6. The van der Waals surface area contributed by atoms with Crippen LogP contribution in [0.5, 0.6) is 0 Å². The van der Waals surface area contributed by atoms with E-state index < -0.39 is 28.3 Å². The molecule has 0 fully saturated rings. The molecule has 0 bridgehead atoms. The predicted molar refractivity (Wildman–Crippen MR) is 108 cm³/mol. The maximum absolute atomic E-state index is 13.9. The van der Waals surface area contributed by atoms with E-state index in [0.717, 1.165) is 16.1 Å². The minimum Gasteiger partial charge on any atom is -0.337 e. The van der Waals surface area contributed by atoms with Crippen molar-refractivity contribution in [1.82, 2.24) is 19.3 Å². The van der Waals surface area contributed by atoms with Gasteiger partial charge in [-0.3, -0.25) is 4.79 Å². The van der Waals surface area contributed by atoms with Crippen LogP contribution in [0.3, 0.4) is 0 Å². The number of hydrogen-bond donors (Lipinski definition) is 0. The molecule has 0 N–H and O–H groups in total. The standard InChI is InChI=1S/C20H21FN4O4S/c1-24(13-18-22-20(23-29-18)15-8-4-3-5-9-15)19(26)14-25(30(2,27)28)12-16-10-6-7-11-17(16)21/h3-11H,12-14H2,1-2H3. The molecule has 1 aromatic heterocycles. The van der Waals surface area contributed by atoms with E-state index in [1.807, 2.05) is 30.3 Å². The van der Waals surface area contributed by atoms with E-state index in [1.54, 1.807) is 6.07 Å². The van der Waals surface area contributed by atoms with Crippen molar-refractivity contribution >= 4 is 15.9 Å². The van der Waals surface area contributed by atoms with Crippen molar-refractivity contribution in [3.63, 3.8) is 0 Å². The molecule has 0 unspecified atom stereocenters. The highest BCUT2D eigenvalue weighted by atomic mass is 32.2. The fourth-order valence-electron chi connectivity index (χ4n) is 2.69. The van der Waals surface area contributed by atoms with Gasteiger partial charge in [0.2, 0.25) is 27.6 Å². The third-order valence-corrected chi connectivity index (χ3v) is 5.58. The zero-order valence-electron chi connectivity index (χ0n) is 16.5. The molecular formula is C20H21FN4O4S. The number of halogens is 1. The topological polar surface area (TPSA) is 96.6 Å². The van der Waals surface area contributed by atoms with Gasteiger partial charge in [-0.25, -0.2) is 12.8 Å². The molecule has 0 aliphatic heterocycles. The van der Waals surface area contributed by atoms with E-state index in [0.29, 0.717) is 5.82 Å². The summed E-state index contributed by atoms with van der Waals surface area (Å²) in [7, 11) is -2.25. The number of benzene rings is 2. The van der Waals surface area contributed by atoms with Crippen LogP contribution in [-0.4, -0.2) is 53.5 Å². The minimum atomic E-state index is -3.75. The Morgan fingerprint density at radius 1 is 1.07 bits per heavy atom. The summed E-state index contributed by atoms with van der Waals surface area (Å²) in [5.41, 5.74) is 0.956. The van der Waals surface area contributed by atoms with Crippen LogP contribution in [-0.2, 0) is 27.9 Å². The molecule has 3 rings (SSSR count). The van der Waals surface area contributed by atoms with Gasteiger partial charge in [0.1, 0.15) is 5.82 Å². The highest BCUT2D eigenvalue weighted by Crippen LogP contribution is 2.16. The highest BCUT2D eigenvalue weighted by molar-refractivity contribution is 7.88. The van der Waals surface area contributed by atoms with Crippen LogP contribution in [0, 0.1) is 5.82 Å². The Morgan fingerprint density at radius 3 is 2.40 bits per heavy atom. The van der Waals surface area contributed by atoms with Gasteiger partial charge < -0.3 is 9.42 Å². The average molecular weight is 432 g/mol. The molecule has 2 aromatic carbocycles.